The third-order valence-electron chi connectivity index (χ3n) is 5.09. The summed E-state index contributed by atoms with van der Waals surface area (Å²) < 4.78 is 28.2. The number of benzene rings is 3. The van der Waals surface area contributed by atoms with E-state index in [1.807, 2.05) is 6.07 Å². The molecule has 162 valence electrons. The van der Waals surface area contributed by atoms with E-state index in [-0.39, 0.29) is 36.9 Å². The quantitative estimate of drug-likeness (QED) is 0.426. The summed E-state index contributed by atoms with van der Waals surface area (Å²) in [5.74, 6) is -0.846. The molecule has 0 fully saturated rings. The van der Waals surface area contributed by atoms with Gasteiger partial charge in [0, 0.05) is 11.1 Å². The van der Waals surface area contributed by atoms with Gasteiger partial charge >= 0.3 is 0 Å². The fourth-order valence-corrected chi connectivity index (χ4v) is 5.72. The van der Waals surface area contributed by atoms with Crippen molar-refractivity contribution < 1.29 is 13.2 Å². The number of anilines is 1. The lowest BCUT2D eigenvalue weighted by molar-refractivity contribution is 0.0959. The first kappa shape index (κ1) is 22.1. The summed E-state index contributed by atoms with van der Waals surface area (Å²) in [5.41, 5.74) is 6.90. The van der Waals surface area contributed by atoms with Gasteiger partial charge < -0.3 is 5.73 Å². The highest BCUT2D eigenvalue weighted by atomic mass is 32.2. The number of nitrogen functional groups attached to an aromatic ring is 1. The maximum atomic E-state index is 13.8. The van der Waals surface area contributed by atoms with Crippen molar-refractivity contribution in [2.24, 2.45) is 0 Å². The van der Waals surface area contributed by atoms with E-state index < -0.39 is 15.7 Å². The second-order valence-electron chi connectivity index (χ2n) is 7.07. The van der Waals surface area contributed by atoms with Crippen molar-refractivity contribution in [3.63, 3.8) is 0 Å². The Morgan fingerprint density at radius 1 is 0.879 bits per heavy atom. The van der Waals surface area contributed by atoms with E-state index in [0.717, 1.165) is 4.57 Å². The van der Waals surface area contributed by atoms with Crippen LogP contribution in [0.5, 0.6) is 0 Å². The molecule has 0 saturated carbocycles. The summed E-state index contributed by atoms with van der Waals surface area (Å²) >= 11 is 5.57. The predicted octanol–water partition coefficient (Wildman–Crippen LogP) is 4.86. The molecule has 6 nitrogen and oxygen atoms in total. The van der Waals surface area contributed by atoms with Crippen molar-refractivity contribution in [1.29, 1.82) is 5.26 Å². The number of carbonyl (C=O) groups excluding carboxylic acids is 1. The molecule has 1 aromatic heterocycles. The molecule has 0 aliphatic rings. The number of nitrogens with two attached hydrogens (primary N) is 1. The smallest absolute Gasteiger partial charge is 0.264 e. The number of carbonyl (C=O) groups is 1. The van der Waals surface area contributed by atoms with E-state index in [1.54, 1.807) is 78.9 Å². The molecule has 0 bridgehead atoms. The highest BCUT2D eigenvalue weighted by Gasteiger charge is 2.31. The molecule has 0 atom stereocenters. The Morgan fingerprint density at radius 3 is 1.94 bits per heavy atom. The molecule has 0 saturated heterocycles. The summed E-state index contributed by atoms with van der Waals surface area (Å²) in [6.45, 7) is 0. The van der Waals surface area contributed by atoms with Crippen molar-refractivity contribution in [2.45, 2.75) is 9.79 Å². The normalized spacial score (nSPS) is 11.0. The van der Waals surface area contributed by atoms with Gasteiger partial charge in [0.05, 0.1) is 4.90 Å². The molecule has 8 heteroatoms. The van der Waals surface area contributed by atoms with Gasteiger partial charge in [-0.2, -0.15) is 5.26 Å². The number of hydrogen-bond donors (Lipinski definition) is 1. The summed E-state index contributed by atoms with van der Waals surface area (Å²) in [7, 11) is -4.22. The summed E-state index contributed by atoms with van der Waals surface area (Å²) in [6.07, 6.45) is 0. The van der Waals surface area contributed by atoms with Crippen LogP contribution >= 0.6 is 12.2 Å². The van der Waals surface area contributed by atoms with E-state index in [1.165, 1.54) is 12.1 Å². The Kier molecular flexibility index (Phi) is 5.92. The topological polar surface area (TPSA) is 106 Å². The molecule has 0 radical (unpaired) electrons. The predicted molar refractivity (Wildman–Crippen MR) is 128 cm³/mol. The van der Waals surface area contributed by atoms with Gasteiger partial charge in [-0.15, -0.1) is 0 Å². The van der Waals surface area contributed by atoms with Crippen LogP contribution in [0.2, 0.25) is 0 Å². The Hall–Kier alpha value is -4.06. The second-order valence-corrected chi connectivity index (χ2v) is 9.34. The van der Waals surface area contributed by atoms with Gasteiger partial charge in [0.15, 0.2) is 0 Å². The minimum atomic E-state index is -4.22. The molecule has 4 aromatic rings. The van der Waals surface area contributed by atoms with Crippen LogP contribution < -0.4 is 5.73 Å². The maximum absolute atomic E-state index is 13.8. The van der Waals surface area contributed by atoms with Gasteiger partial charge in [-0.3, -0.25) is 9.36 Å². The van der Waals surface area contributed by atoms with Crippen LogP contribution in [0.4, 0.5) is 5.82 Å². The van der Waals surface area contributed by atoms with Crippen molar-refractivity contribution in [2.75, 3.05) is 5.73 Å². The summed E-state index contributed by atoms with van der Waals surface area (Å²) in [4.78, 5) is 13.0. The number of sulfone groups is 1. The van der Waals surface area contributed by atoms with Gasteiger partial charge in [-0.05, 0) is 29.8 Å². The van der Waals surface area contributed by atoms with E-state index in [4.69, 9.17) is 18.0 Å². The molecule has 2 N–H and O–H groups in total. The third-order valence-corrected chi connectivity index (χ3v) is 7.44. The molecule has 3 aromatic carbocycles. The largest absolute Gasteiger partial charge is 0.384 e. The lowest BCUT2D eigenvalue weighted by atomic mass is 10.0. The summed E-state index contributed by atoms with van der Waals surface area (Å²) in [5, 5.41) is 10.0. The Labute approximate surface area is 196 Å². The third kappa shape index (κ3) is 3.84. The molecule has 0 amide bonds. The zero-order valence-corrected chi connectivity index (χ0v) is 18.8. The van der Waals surface area contributed by atoms with Crippen LogP contribution in [-0.2, 0) is 9.84 Å². The monoisotopic (exact) mass is 471 g/mol. The van der Waals surface area contributed by atoms with Gasteiger partial charge in [-0.1, -0.05) is 78.9 Å². The fraction of sp³-hybridized carbons (Fsp3) is 0. The lowest BCUT2D eigenvalue weighted by Gasteiger charge is -2.19. The van der Waals surface area contributed by atoms with Crippen LogP contribution in [0.15, 0.2) is 101 Å². The Balaban J connectivity index is 2.17. The number of nitrogens with zero attached hydrogens (tertiary/aromatic N) is 2. The Bertz CT molecular complexity index is 1560. The molecule has 0 unspecified atom stereocenters. The number of nitriles is 1. The zero-order valence-electron chi connectivity index (χ0n) is 17.2. The molecule has 1 heterocycles. The van der Waals surface area contributed by atoms with Gasteiger partial charge in [0.1, 0.15) is 27.0 Å². The van der Waals surface area contributed by atoms with Crippen LogP contribution in [0.3, 0.4) is 0 Å². The highest BCUT2D eigenvalue weighted by Crippen LogP contribution is 2.38. The van der Waals surface area contributed by atoms with Crippen molar-refractivity contribution in [3.8, 4) is 17.2 Å². The van der Waals surface area contributed by atoms with E-state index in [0.29, 0.717) is 5.56 Å². The van der Waals surface area contributed by atoms with E-state index in [2.05, 4.69) is 0 Å². The molecule has 0 aliphatic carbocycles. The first-order chi connectivity index (χ1) is 15.9. The number of pyridine rings is 1. The second kappa shape index (κ2) is 8.82. The molecule has 4 rings (SSSR count). The number of aromatic nitrogens is 1. The van der Waals surface area contributed by atoms with E-state index in [9.17, 15) is 18.5 Å². The average molecular weight is 472 g/mol. The lowest BCUT2D eigenvalue weighted by Crippen LogP contribution is -2.22. The zero-order chi connectivity index (χ0) is 23.6. The number of rotatable bonds is 4. The van der Waals surface area contributed by atoms with Crippen molar-refractivity contribution >= 4 is 33.8 Å². The highest BCUT2D eigenvalue weighted by molar-refractivity contribution is 7.92. The van der Waals surface area contributed by atoms with Crippen molar-refractivity contribution in [1.82, 2.24) is 4.57 Å². The fourth-order valence-electron chi connectivity index (χ4n) is 3.54. The first-order valence-electron chi connectivity index (χ1n) is 9.81. The first-order valence-corrected chi connectivity index (χ1v) is 11.7. The number of hydrogen-bond acceptors (Lipinski definition) is 6. The van der Waals surface area contributed by atoms with Gasteiger partial charge in [-0.25, -0.2) is 8.42 Å². The van der Waals surface area contributed by atoms with Gasteiger partial charge in [0.25, 0.3) is 5.91 Å². The standard InChI is InChI=1S/C25H17N3O3S2/c26-16-20-21(17-10-4-1-5-11-17)22(33(30,31)19-14-8-3-9-15-19)25(32)28(23(20)27)24(29)18-12-6-2-7-13-18/h1-15H,27H2. The molecule has 33 heavy (non-hydrogen) atoms. The van der Waals surface area contributed by atoms with Crippen molar-refractivity contribution in [3.05, 3.63) is 107 Å². The van der Waals surface area contributed by atoms with Crippen LogP contribution in [-0.4, -0.2) is 18.9 Å². The Morgan fingerprint density at radius 2 is 1.39 bits per heavy atom. The molecule has 0 aliphatic heterocycles. The van der Waals surface area contributed by atoms with Crippen LogP contribution in [0.25, 0.3) is 11.1 Å². The summed E-state index contributed by atoms with van der Waals surface area (Å²) in [6, 6.07) is 26.4. The minimum Gasteiger partial charge on any atom is -0.384 e. The van der Waals surface area contributed by atoms with Crippen LogP contribution in [0, 0.1) is 16.0 Å². The SMILES string of the molecule is N#Cc1c(-c2ccccc2)c(S(=O)(=O)c2ccccc2)c(=S)n(C(=O)c2ccccc2)c1N. The van der Waals surface area contributed by atoms with Gasteiger partial charge in [0.2, 0.25) is 9.84 Å². The maximum Gasteiger partial charge on any atom is 0.264 e. The van der Waals surface area contributed by atoms with Crippen LogP contribution in [0.1, 0.15) is 15.9 Å². The molecular formula is C25H17N3O3S2. The molecular weight excluding hydrogens is 454 g/mol. The molecule has 0 spiro atoms. The minimum absolute atomic E-state index is 0.0133. The average Bonchev–Trinajstić information content (AvgIpc) is 2.85. The van der Waals surface area contributed by atoms with E-state index >= 15 is 0 Å².